The molecule has 3 amide bonds. The molecule has 5 N–H and O–H groups in total. The molecule has 0 aromatic heterocycles. The lowest BCUT2D eigenvalue weighted by atomic mass is 10.1. The van der Waals surface area contributed by atoms with Crippen molar-refractivity contribution in [3.05, 3.63) is 125 Å². The number of hydrogen-bond acceptors (Lipinski definition) is 6. The largest absolute Gasteiger partial charge is 0.507 e. The molecule has 4 aromatic rings. The third kappa shape index (κ3) is 8.09. The maximum absolute atomic E-state index is 13.3. The van der Waals surface area contributed by atoms with E-state index in [1.54, 1.807) is 60.7 Å². The van der Waals surface area contributed by atoms with Crippen LogP contribution in [0.2, 0.25) is 0 Å². The fraction of sp³-hybridized carbons (Fsp3) is 0.0625. The highest BCUT2D eigenvalue weighted by Gasteiger charge is 2.16. The molecule has 9 nitrogen and oxygen atoms in total. The van der Waals surface area contributed by atoms with E-state index < -0.39 is 23.5 Å². The molecule has 0 aliphatic rings. The Bertz CT molecular complexity index is 1650. The lowest BCUT2D eigenvalue weighted by molar-refractivity contribution is -0.114. The van der Waals surface area contributed by atoms with Crippen LogP contribution >= 0.6 is 11.8 Å². The fourth-order valence-corrected chi connectivity index (χ4v) is 4.51. The van der Waals surface area contributed by atoms with Gasteiger partial charge in [0, 0.05) is 21.8 Å². The van der Waals surface area contributed by atoms with Gasteiger partial charge in [-0.05, 0) is 78.7 Å². The number of carbonyl (C=O) groups excluding carboxylic acids is 3. The predicted octanol–water partition coefficient (Wildman–Crippen LogP) is 5.54. The summed E-state index contributed by atoms with van der Waals surface area (Å²) < 4.78 is 0. The van der Waals surface area contributed by atoms with Gasteiger partial charge in [0.05, 0.1) is 5.75 Å². The number of aromatic carboxylic acids is 1. The summed E-state index contributed by atoms with van der Waals surface area (Å²) in [7, 11) is 0. The van der Waals surface area contributed by atoms with Crippen LogP contribution in [0.3, 0.4) is 0 Å². The number of rotatable bonds is 10. The van der Waals surface area contributed by atoms with Gasteiger partial charge in [-0.15, -0.1) is 11.8 Å². The minimum atomic E-state index is -1.30. The Hall–Kier alpha value is -5.35. The summed E-state index contributed by atoms with van der Waals surface area (Å²) in [6.07, 6.45) is 1.63. The van der Waals surface area contributed by atoms with Crippen LogP contribution in [0.25, 0.3) is 6.08 Å². The molecule has 0 atom stereocenters. The van der Waals surface area contributed by atoms with Gasteiger partial charge in [0.1, 0.15) is 17.0 Å². The smallest absolute Gasteiger partial charge is 0.339 e. The molecule has 0 aliphatic heterocycles. The predicted molar refractivity (Wildman–Crippen MR) is 163 cm³/mol. The van der Waals surface area contributed by atoms with Crippen LogP contribution in [-0.2, 0) is 9.59 Å². The monoisotopic (exact) mass is 581 g/mol. The summed E-state index contributed by atoms with van der Waals surface area (Å²) in [6, 6.07) is 26.7. The fourth-order valence-electron chi connectivity index (χ4n) is 3.81. The van der Waals surface area contributed by atoms with Gasteiger partial charge in [-0.1, -0.05) is 42.5 Å². The van der Waals surface area contributed by atoms with Crippen LogP contribution in [0, 0.1) is 6.92 Å². The zero-order valence-electron chi connectivity index (χ0n) is 22.5. The second-order valence-electron chi connectivity index (χ2n) is 9.09. The molecule has 0 bridgehead atoms. The normalized spacial score (nSPS) is 10.9. The Labute approximate surface area is 246 Å². The van der Waals surface area contributed by atoms with Crippen molar-refractivity contribution < 1.29 is 29.4 Å². The number of amides is 3. The van der Waals surface area contributed by atoms with Crippen LogP contribution in [0.1, 0.15) is 31.8 Å². The molecule has 212 valence electrons. The Balaban J connectivity index is 1.40. The highest BCUT2D eigenvalue weighted by molar-refractivity contribution is 8.00. The summed E-state index contributed by atoms with van der Waals surface area (Å²) in [4.78, 5) is 50.4. The van der Waals surface area contributed by atoms with Crippen molar-refractivity contribution in [1.82, 2.24) is 5.32 Å². The average molecular weight is 582 g/mol. The van der Waals surface area contributed by atoms with Gasteiger partial charge in [-0.25, -0.2) is 4.79 Å². The molecule has 0 unspecified atom stereocenters. The van der Waals surface area contributed by atoms with Crippen molar-refractivity contribution in [1.29, 1.82) is 0 Å². The van der Waals surface area contributed by atoms with E-state index >= 15 is 0 Å². The second-order valence-corrected chi connectivity index (χ2v) is 10.1. The number of aryl methyl sites for hydroxylation is 1. The number of hydrogen-bond donors (Lipinski definition) is 5. The standard InChI is InChI=1S/C32H27N3O6S/c1-20-7-5-6-10-22(20)17-27(35-30(38)21-8-3-2-4-9-21)31(39)34-23-11-14-25(15-12-23)42-19-29(37)33-24-13-16-28(36)26(18-24)32(40)41/h2-18,36H,19H2,1H3,(H,33,37)(H,34,39)(H,35,38)(H,40,41)/b27-17-. The van der Waals surface area contributed by atoms with Gasteiger partial charge in [0.15, 0.2) is 0 Å². The summed E-state index contributed by atoms with van der Waals surface area (Å²) in [5.41, 5.74) is 2.65. The molecule has 0 spiro atoms. The van der Waals surface area contributed by atoms with Gasteiger partial charge in [-0.2, -0.15) is 0 Å². The van der Waals surface area contributed by atoms with E-state index in [4.69, 9.17) is 5.11 Å². The number of aromatic hydroxyl groups is 1. The van der Waals surface area contributed by atoms with Gasteiger partial charge in [-0.3, -0.25) is 14.4 Å². The first-order valence-electron chi connectivity index (χ1n) is 12.7. The Morgan fingerprint density at radius 2 is 1.48 bits per heavy atom. The number of nitrogens with one attached hydrogen (secondary N) is 3. The maximum Gasteiger partial charge on any atom is 0.339 e. The van der Waals surface area contributed by atoms with Crippen molar-refractivity contribution in [3.8, 4) is 5.75 Å². The van der Waals surface area contributed by atoms with E-state index in [9.17, 15) is 24.3 Å². The molecule has 0 saturated carbocycles. The number of anilines is 2. The van der Waals surface area contributed by atoms with Gasteiger partial charge >= 0.3 is 5.97 Å². The summed E-state index contributed by atoms with van der Waals surface area (Å²) in [5.74, 6) is -2.93. The molecule has 0 saturated heterocycles. The highest BCUT2D eigenvalue weighted by atomic mass is 32.2. The number of phenols is 1. The zero-order chi connectivity index (χ0) is 30.1. The number of carbonyl (C=O) groups is 4. The van der Waals surface area contributed by atoms with E-state index in [1.807, 2.05) is 31.2 Å². The lowest BCUT2D eigenvalue weighted by Crippen LogP contribution is -2.30. The molecule has 4 aromatic carbocycles. The molecule has 0 fully saturated rings. The van der Waals surface area contributed by atoms with Crippen LogP contribution in [0.5, 0.6) is 5.75 Å². The van der Waals surface area contributed by atoms with Crippen molar-refractivity contribution in [2.75, 3.05) is 16.4 Å². The minimum Gasteiger partial charge on any atom is -0.507 e. The van der Waals surface area contributed by atoms with Crippen molar-refractivity contribution >= 4 is 52.9 Å². The first-order valence-corrected chi connectivity index (χ1v) is 13.7. The molecule has 0 aliphatic carbocycles. The molecule has 0 heterocycles. The number of thioether (sulfide) groups is 1. The molecule has 0 radical (unpaired) electrons. The average Bonchev–Trinajstić information content (AvgIpc) is 2.98. The maximum atomic E-state index is 13.3. The summed E-state index contributed by atoms with van der Waals surface area (Å²) >= 11 is 1.25. The Morgan fingerprint density at radius 1 is 0.810 bits per heavy atom. The van der Waals surface area contributed by atoms with E-state index in [-0.39, 0.29) is 28.6 Å². The van der Waals surface area contributed by atoms with Crippen LogP contribution < -0.4 is 16.0 Å². The SMILES string of the molecule is Cc1ccccc1/C=C(\NC(=O)c1ccccc1)C(=O)Nc1ccc(SCC(=O)Nc2ccc(O)c(C(=O)O)c2)cc1. The summed E-state index contributed by atoms with van der Waals surface area (Å²) in [5, 5.41) is 26.9. The lowest BCUT2D eigenvalue weighted by Gasteiger charge is -2.12. The van der Waals surface area contributed by atoms with Crippen molar-refractivity contribution in [3.63, 3.8) is 0 Å². The zero-order valence-corrected chi connectivity index (χ0v) is 23.3. The quantitative estimate of drug-likeness (QED) is 0.0939. The van der Waals surface area contributed by atoms with Crippen molar-refractivity contribution in [2.24, 2.45) is 0 Å². The number of carboxylic acids is 1. The minimum absolute atomic E-state index is 0.0455. The molecule has 42 heavy (non-hydrogen) atoms. The molecular weight excluding hydrogens is 554 g/mol. The number of benzene rings is 4. The summed E-state index contributed by atoms with van der Waals surface area (Å²) in [6.45, 7) is 1.91. The van der Waals surface area contributed by atoms with Crippen molar-refractivity contribution in [2.45, 2.75) is 11.8 Å². The Morgan fingerprint density at radius 3 is 2.17 bits per heavy atom. The molecular formula is C32H27N3O6S. The van der Waals surface area contributed by atoms with E-state index in [1.165, 1.54) is 30.0 Å². The van der Waals surface area contributed by atoms with E-state index in [0.717, 1.165) is 16.0 Å². The van der Waals surface area contributed by atoms with Gasteiger partial charge in [0.25, 0.3) is 11.8 Å². The third-order valence-corrected chi connectivity index (χ3v) is 7.02. The topological polar surface area (TPSA) is 145 Å². The van der Waals surface area contributed by atoms with Crippen LogP contribution in [0.4, 0.5) is 11.4 Å². The van der Waals surface area contributed by atoms with Gasteiger partial charge in [0.2, 0.25) is 5.91 Å². The molecule has 4 rings (SSSR count). The van der Waals surface area contributed by atoms with Crippen LogP contribution in [-0.4, -0.2) is 39.7 Å². The van der Waals surface area contributed by atoms with E-state index in [0.29, 0.717) is 11.3 Å². The first kappa shape index (κ1) is 29.6. The number of carboxylic acid groups (broad SMARTS) is 1. The Kier molecular flexibility index (Phi) is 9.75. The third-order valence-electron chi connectivity index (χ3n) is 6.01. The van der Waals surface area contributed by atoms with E-state index in [2.05, 4.69) is 16.0 Å². The first-order chi connectivity index (χ1) is 20.2. The second kappa shape index (κ2) is 13.8. The molecule has 10 heteroatoms. The van der Waals surface area contributed by atoms with Crippen LogP contribution in [0.15, 0.2) is 108 Å². The highest BCUT2D eigenvalue weighted by Crippen LogP contribution is 2.24. The van der Waals surface area contributed by atoms with Gasteiger partial charge < -0.3 is 26.2 Å².